The number of anilines is 3. The number of rotatable bonds is 6. The van der Waals surface area contributed by atoms with E-state index in [0.29, 0.717) is 5.56 Å². The SMILES string of the molecule is CCN(CC)CCCN1c2ccccc2N(C)C(=O)c2ccc(C)nc21. The minimum absolute atomic E-state index is 0.00815. The van der Waals surface area contributed by atoms with Crippen molar-refractivity contribution in [3.63, 3.8) is 0 Å². The number of fused-ring (bicyclic) bond motifs is 2. The van der Waals surface area contributed by atoms with Crippen LogP contribution in [0.4, 0.5) is 17.2 Å². The molecule has 2 aromatic rings. The van der Waals surface area contributed by atoms with Crippen LogP contribution < -0.4 is 9.80 Å². The Morgan fingerprint density at radius 1 is 1.04 bits per heavy atom. The van der Waals surface area contributed by atoms with Gasteiger partial charge in [0.15, 0.2) is 0 Å². The van der Waals surface area contributed by atoms with Crippen molar-refractivity contribution in [1.29, 1.82) is 0 Å². The number of hydrogen-bond donors (Lipinski definition) is 0. The van der Waals surface area contributed by atoms with Crippen molar-refractivity contribution in [2.75, 3.05) is 43.0 Å². The number of carbonyl (C=O) groups is 1. The van der Waals surface area contributed by atoms with Gasteiger partial charge in [0.05, 0.1) is 16.9 Å². The molecule has 1 aliphatic rings. The molecule has 0 unspecified atom stereocenters. The van der Waals surface area contributed by atoms with Crippen LogP contribution in [-0.2, 0) is 0 Å². The van der Waals surface area contributed by atoms with Gasteiger partial charge < -0.3 is 14.7 Å². The largest absolute Gasteiger partial charge is 0.324 e. The van der Waals surface area contributed by atoms with E-state index in [4.69, 9.17) is 4.98 Å². The molecular formula is C21H28N4O. The van der Waals surface area contributed by atoms with Crippen molar-refractivity contribution in [2.24, 2.45) is 0 Å². The van der Waals surface area contributed by atoms with Gasteiger partial charge in [0.1, 0.15) is 5.82 Å². The molecule has 0 saturated carbocycles. The lowest BCUT2D eigenvalue weighted by Gasteiger charge is -2.27. The average molecular weight is 352 g/mol. The predicted octanol–water partition coefficient (Wildman–Crippen LogP) is 3.85. The van der Waals surface area contributed by atoms with Crippen LogP contribution >= 0.6 is 0 Å². The molecule has 1 aliphatic heterocycles. The van der Waals surface area contributed by atoms with Crippen LogP contribution in [0.3, 0.4) is 0 Å². The summed E-state index contributed by atoms with van der Waals surface area (Å²) < 4.78 is 0. The van der Waals surface area contributed by atoms with Gasteiger partial charge >= 0.3 is 0 Å². The van der Waals surface area contributed by atoms with Crippen LogP contribution in [-0.4, -0.2) is 49.0 Å². The van der Waals surface area contributed by atoms with Crippen molar-refractivity contribution in [2.45, 2.75) is 27.2 Å². The maximum Gasteiger partial charge on any atom is 0.261 e. The van der Waals surface area contributed by atoms with E-state index in [9.17, 15) is 4.79 Å². The van der Waals surface area contributed by atoms with Crippen LogP contribution in [0.5, 0.6) is 0 Å². The first kappa shape index (κ1) is 18.4. The predicted molar refractivity (Wildman–Crippen MR) is 108 cm³/mol. The Morgan fingerprint density at radius 3 is 2.42 bits per heavy atom. The van der Waals surface area contributed by atoms with E-state index in [-0.39, 0.29) is 5.91 Å². The van der Waals surface area contributed by atoms with E-state index in [0.717, 1.165) is 55.5 Å². The number of para-hydroxylation sites is 2. The van der Waals surface area contributed by atoms with Gasteiger partial charge in [-0.15, -0.1) is 0 Å². The molecule has 0 aliphatic carbocycles. The molecule has 0 fully saturated rings. The minimum Gasteiger partial charge on any atom is -0.324 e. The molecule has 5 nitrogen and oxygen atoms in total. The lowest BCUT2D eigenvalue weighted by atomic mass is 10.2. The number of benzene rings is 1. The third-order valence-corrected chi connectivity index (χ3v) is 5.09. The van der Waals surface area contributed by atoms with Gasteiger partial charge in [0.2, 0.25) is 0 Å². The summed E-state index contributed by atoms with van der Waals surface area (Å²) in [6.07, 6.45) is 1.02. The van der Waals surface area contributed by atoms with E-state index in [2.05, 4.69) is 29.7 Å². The van der Waals surface area contributed by atoms with Crippen LogP contribution in [0, 0.1) is 6.92 Å². The summed E-state index contributed by atoms with van der Waals surface area (Å²) in [5, 5.41) is 0. The van der Waals surface area contributed by atoms with Crippen LogP contribution in [0.2, 0.25) is 0 Å². The quantitative estimate of drug-likeness (QED) is 0.792. The van der Waals surface area contributed by atoms with Gasteiger partial charge in [0.25, 0.3) is 5.91 Å². The highest BCUT2D eigenvalue weighted by Crippen LogP contribution is 2.39. The number of aryl methyl sites for hydroxylation is 1. The van der Waals surface area contributed by atoms with Gasteiger partial charge in [-0.25, -0.2) is 4.98 Å². The Bertz CT molecular complexity index is 785. The number of carbonyl (C=O) groups excluding carboxylic acids is 1. The van der Waals surface area contributed by atoms with E-state index < -0.39 is 0 Å². The molecule has 0 N–H and O–H groups in total. The topological polar surface area (TPSA) is 39.7 Å². The van der Waals surface area contributed by atoms with E-state index in [1.807, 2.05) is 44.3 Å². The van der Waals surface area contributed by atoms with Crippen molar-refractivity contribution in [3.05, 3.63) is 47.7 Å². The standard InChI is InChI=1S/C21H28N4O/c1-5-24(6-2)14-9-15-25-19-11-8-7-10-18(19)23(4)21(26)17-13-12-16(3)22-20(17)25/h7-8,10-13H,5-6,9,14-15H2,1-4H3. The molecule has 0 radical (unpaired) electrons. The molecule has 3 rings (SSSR count). The molecule has 0 atom stereocenters. The first-order valence-corrected chi connectivity index (χ1v) is 9.41. The third kappa shape index (κ3) is 3.44. The molecule has 138 valence electrons. The van der Waals surface area contributed by atoms with Crippen LogP contribution in [0.1, 0.15) is 36.3 Å². The molecule has 1 amide bonds. The molecule has 2 heterocycles. The first-order chi connectivity index (χ1) is 12.6. The van der Waals surface area contributed by atoms with Crippen LogP contribution in [0.25, 0.3) is 0 Å². The first-order valence-electron chi connectivity index (χ1n) is 9.41. The number of nitrogens with zero attached hydrogens (tertiary/aromatic N) is 4. The highest BCUT2D eigenvalue weighted by molar-refractivity contribution is 6.13. The molecule has 26 heavy (non-hydrogen) atoms. The fourth-order valence-corrected chi connectivity index (χ4v) is 3.51. The number of pyridine rings is 1. The molecule has 5 heteroatoms. The van der Waals surface area contributed by atoms with Gasteiger partial charge in [-0.05, 0) is 57.2 Å². The second-order valence-corrected chi connectivity index (χ2v) is 6.71. The van der Waals surface area contributed by atoms with Crippen molar-refractivity contribution < 1.29 is 4.79 Å². The molecule has 1 aromatic carbocycles. The summed E-state index contributed by atoms with van der Waals surface area (Å²) in [4.78, 5) is 24.1. The molecule has 0 spiro atoms. The fourth-order valence-electron chi connectivity index (χ4n) is 3.51. The third-order valence-electron chi connectivity index (χ3n) is 5.09. The lowest BCUT2D eigenvalue weighted by Crippen LogP contribution is -2.28. The fraction of sp³-hybridized carbons (Fsp3) is 0.429. The van der Waals surface area contributed by atoms with Gasteiger partial charge in [-0.1, -0.05) is 26.0 Å². The van der Waals surface area contributed by atoms with Crippen molar-refractivity contribution in [1.82, 2.24) is 9.88 Å². The number of amides is 1. The Labute approximate surface area is 156 Å². The zero-order chi connectivity index (χ0) is 18.7. The Morgan fingerprint density at radius 2 is 1.73 bits per heavy atom. The normalized spacial score (nSPS) is 13.7. The van der Waals surface area contributed by atoms with Crippen molar-refractivity contribution >= 4 is 23.1 Å². The summed E-state index contributed by atoms with van der Waals surface area (Å²) in [7, 11) is 1.84. The Balaban J connectivity index is 2.01. The van der Waals surface area contributed by atoms with E-state index in [1.165, 1.54) is 0 Å². The van der Waals surface area contributed by atoms with E-state index >= 15 is 0 Å². The van der Waals surface area contributed by atoms with E-state index in [1.54, 1.807) is 4.90 Å². The smallest absolute Gasteiger partial charge is 0.261 e. The Hall–Kier alpha value is -2.40. The zero-order valence-electron chi connectivity index (χ0n) is 16.2. The summed E-state index contributed by atoms with van der Waals surface area (Å²) in [5.74, 6) is 0.762. The summed E-state index contributed by atoms with van der Waals surface area (Å²) in [5.41, 5.74) is 3.56. The highest BCUT2D eigenvalue weighted by atomic mass is 16.2. The highest BCUT2D eigenvalue weighted by Gasteiger charge is 2.29. The van der Waals surface area contributed by atoms with Gasteiger partial charge in [0, 0.05) is 19.3 Å². The molecule has 1 aromatic heterocycles. The maximum absolute atomic E-state index is 13.0. The van der Waals surface area contributed by atoms with Gasteiger partial charge in [-0.3, -0.25) is 4.79 Å². The summed E-state index contributed by atoms with van der Waals surface area (Å²) in [6.45, 7) is 10.3. The Kier molecular flexibility index (Phi) is 5.57. The monoisotopic (exact) mass is 352 g/mol. The second-order valence-electron chi connectivity index (χ2n) is 6.71. The molecular weight excluding hydrogens is 324 g/mol. The average Bonchev–Trinajstić information content (AvgIpc) is 2.74. The second kappa shape index (κ2) is 7.87. The number of hydrogen-bond acceptors (Lipinski definition) is 4. The minimum atomic E-state index is -0.00815. The van der Waals surface area contributed by atoms with Crippen molar-refractivity contribution in [3.8, 4) is 0 Å². The lowest BCUT2D eigenvalue weighted by molar-refractivity contribution is 0.0994. The van der Waals surface area contributed by atoms with Gasteiger partial charge in [-0.2, -0.15) is 0 Å². The maximum atomic E-state index is 13.0. The summed E-state index contributed by atoms with van der Waals surface area (Å²) in [6, 6.07) is 11.9. The van der Waals surface area contributed by atoms with Crippen LogP contribution in [0.15, 0.2) is 36.4 Å². The molecule has 0 saturated heterocycles. The summed E-state index contributed by atoms with van der Waals surface area (Å²) >= 11 is 0. The number of aromatic nitrogens is 1. The zero-order valence-corrected chi connectivity index (χ0v) is 16.2. The molecule has 0 bridgehead atoms.